The van der Waals surface area contributed by atoms with Crippen LogP contribution in [-0.2, 0) is 6.54 Å². The summed E-state index contributed by atoms with van der Waals surface area (Å²) < 4.78 is 12.9. The van der Waals surface area contributed by atoms with Gasteiger partial charge in [0, 0.05) is 43.8 Å². The Labute approximate surface area is 157 Å². The van der Waals surface area contributed by atoms with E-state index in [0.717, 1.165) is 5.56 Å². The quantitative estimate of drug-likeness (QED) is 0.772. The number of carbonyl (C=O) groups is 2. The molecule has 1 aliphatic rings. The molecule has 7 nitrogen and oxygen atoms in total. The molecule has 0 saturated carbocycles. The molecular weight excluding hydrogens is 349 g/mol. The lowest BCUT2D eigenvalue weighted by Crippen LogP contribution is -2.50. The second-order valence-corrected chi connectivity index (χ2v) is 6.39. The van der Waals surface area contributed by atoms with Crippen molar-refractivity contribution < 1.29 is 14.0 Å². The van der Waals surface area contributed by atoms with Gasteiger partial charge in [-0.1, -0.05) is 6.07 Å². The number of pyridine rings is 1. The van der Waals surface area contributed by atoms with Gasteiger partial charge < -0.3 is 20.9 Å². The first kappa shape index (κ1) is 18.6. The summed E-state index contributed by atoms with van der Waals surface area (Å²) >= 11 is 0. The normalized spacial score (nSPS) is 14.5. The van der Waals surface area contributed by atoms with Gasteiger partial charge in [-0.25, -0.2) is 14.0 Å². The molecule has 0 aliphatic carbocycles. The maximum atomic E-state index is 12.9. The van der Waals surface area contributed by atoms with E-state index in [2.05, 4.69) is 20.9 Å². The van der Waals surface area contributed by atoms with E-state index in [-0.39, 0.29) is 23.9 Å². The number of anilines is 1. The summed E-state index contributed by atoms with van der Waals surface area (Å²) in [4.78, 5) is 30.0. The van der Waals surface area contributed by atoms with Crippen molar-refractivity contribution in [3.8, 4) is 0 Å². The van der Waals surface area contributed by atoms with Gasteiger partial charge >= 0.3 is 12.1 Å². The first-order valence-corrected chi connectivity index (χ1v) is 8.85. The molecule has 0 spiro atoms. The molecule has 1 saturated heterocycles. The van der Waals surface area contributed by atoms with Gasteiger partial charge in [-0.15, -0.1) is 0 Å². The van der Waals surface area contributed by atoms with Crippen LogP contribution in [0.5, 0.6) is 0 Å². The predicted molar refractivity (Wildman–Crippen MR) is 99.6 cm³/mol. The van der Waals surface area contributed by atoms with Gasteiger partial charge in [0.2, 0.25) is 0 Å². The van der Waals surface area contributed by atoms with Gasteiger partial charge in [0.15, 0.2) is 0 Å². The number of urea groups is 2. The molecule has 2 heterocycles. The van der Waals surface area contributed by atoms with Crippen LogP contribution in [0.1, 0.15) is 18.4 Å². The van der Waals surface area contributed by atoms with Gasteiger partial charge in [0.25, 0.3) is 0 Å². The van der Waals surface area contributed by atoms with Crippen LogP contribution in [0.15, 0.2) is 48.8 Å². The number of carbonyl (C=O) groups excluding carboxylic acids is 2. The zero-order chi connectivity index (χ0) is 19.1. The zero-order valence-corrected chi connectivity index (χ0v) is 14.8. The second kappa shape index (κ2) is 8.98. The molecule has 27 heavy (non-hydrogen) atoms. The standard InChI is InChI=1S/C19H22FN5O2/c20-15-3-5-16(6-4-15)23-18(26)24-17-7-10-25(11-8-17)19(27)22-13-14-2-1-9-21-12-14/h1-6,9,12,17H,7-8,10-11,13H2,(H,22,27)(H2,23,24,26). The molecule has 0 radical (unpaired) electrons. The van der Waals surface area contributed by atoms with Gasteiger partial charge in [0.05, 0.1) is 0 Å². The van der Waals surface area contributed by atoms with Crippen LogP contribution in [0.2, 0.25) is 0 Å². The number of amides is 4. The Morgan fingerprint density at radius 1 is 1.15 bits per heavy atom. The van der Waals surface area contributed by atoms with Crippen molar-refractivity contribution in [2.24, 2.45) is 0 Å². The fraction of sp³-hybridized carbons (Fsp3) is 0.316. The summed E-state index contributed by atoms with van der Waals surface area (Å²) in [5.74, 6) is -0.352. The van der Waals surface area contributed by atoms with Crippen LogP contribution >= 0.6 is 0 Å². The number of hydrogen-bond acceptors (Lipinski definition) is 3. The molecule has 2 aromatic rings. The van der Waals surface area contributed by atoms with Crippen LogP contribution in [0.25, 0.3) is 0 Å². The number of nitrogens with one attached hydrogen (secondary N) is 3. The van der Waals surface area contributed by atoms with Crippen molar-refractivity contribution in [2.45, 2.75) is 25.4 Å². The smallest absolute Gasteiger partial charge is 0.319 e. The number of likely N-dealkylation sites (tertiary alicyclic amines) is 1. The van der Waals surface area contributed by atoms with Gasteiger partial charge in [0.1, 0.15) is 5.82 Å². The van der Waals surface area contributed by atoms with Crippen LogP contribution < -0.4 is 16.0 Å². The van der Waals surface area contributed by atoms with E-state index in [1.165, 1.54) is 24.3 Å². The Morgan fingerprint density at radius 2 is 1.89 bits per heavy atom. The number of piperidine rings is 1. The molecule has 1 fully saturated rings. The van der Waals surface area contributed by atoms with Gasteiger partial charge in [-0.2, -0.15) is 0 Å². The molecule has 3 rings (SSSR count). The van der Waals surface area contributed by atoms with Crippen molar-refractivity contribution in [3.05, 3.63) is 60.2 Å². The Bertz CT molecular complexity index is 761. The maximum Gasteiger partial charge on any atom is 0.319 e. The second-order valence-electron chi connectivity index (χ2n) is 6.39. The molecule has 4 amide bonds. The molecule has 3 N–H and O–H groups in total. The fourth-order valence-corrected chi connectivity index (χ4v) is 2.90. The first-order chi connectivity index (χ1) is 13.1. The van der Waals surface area contributed by atoms with Crippen molar-refractivity contribution in [1.29, 1.82) is 0 Å². The van der Waals surface area contributed by atoms with E-state index in [4.69, 9.17) is 0 Å². The molecule has 0 bridgehead atoms. The van der Waals surface area contributed by atoms with E-state index < -0.39 is 0 Å². The predicted octanol–water partition coefficient (Wildman–Crippen LogP) is 2.72. The van der Waals surface area contributed by atoms with E-state index in [1.54, 1.807) is 17.3 Å². The summed E-state index contributed by atoms with van der Waals surface area (Å²) in [5.41, 5.74) is 1.47. The third-order valence-electron chi connectivity index (χ3n) is 4.39. The number of aromatic nitrogens is 1. The maximum absolute atomic E-state index is 12.9. The highest BCUT2D eigenvalue weighted by Crippen LogP contribution is 2.12. The van der Waals surface area contributed by atoms with Crippen LogP contribution in [0.4, 0.5) is 19.7 Å². The average Bonchev–Trinajstić information content (AvgIpc) is 2.69. The summed E-state index contributed by atoms with van der Waals surface area (Å²) in [6, 6.07) is 8.87. The summed E-state index contributed by atoms with van der Waals surface area (Å²) in [6.07, 6.45) is 4.76. The van der Waals surface area contributed by atoms with Crippen molar-refractivity contribution in [1.82, 2.24) is 20.5 Å². The average molecular weight is 371 g/mol. The number of halogens is 1. The highest BCUT2D eigenvalue weighted by molar-refractivity contribution is 5.89. The first-order valence-electron chi connectivity index (χ1n) is 8.85. The molecule has 1 aliphatic heterocycles. The molecule has 0 atom stereocenters. The monoisotopic (exact) mass is 371 g/mol. The van der Waals surface area contributed by atoms with Gasteiger partial charge in [-0.05, 0) is 48.7 Å². The lowest BCUT2D eigenvalue weighted by atomic mass is 10.1. The molecule has 142 valence electrons. The van der Waals surface area contributed by atoms with Crippen LogP contribution in [0.3, 0.4) is 0 Å². The minimum Gasteiger partial charge on any atom is -0.335 e. The number of nitrogens with zero attached hydrogens (tertiary/aromatic N) is 2. The highest BCUT2D eigenvalue weighted by Gasteiger charge is 2.23. The molecule has 1 aromatic heterocycles. The third kappa shape index (κ3) is 5.67. The Balaban J connectivity index is 1.38. The van der Waals surface area contributed by atoms with Crippen molar-refractivity contribution >= 4 is 17.7 Å². The topological polar surface area (TPSA) is 86.4 Å². The Morgan fingerprint density at radius 3 is 2.56 bits per heavy atom. The van der Waals surface area contributed by atoms with E-state index in [0.29, 0.717) is 38.2 Å². The summed E-state index contributed by atoms with van der Waals surface area (Å²) in [6.45, 7) is 1.58. The minimum absolute atomic E-state index is 0.00665. The number of rotatable bonds is 4. The third-order valence-corrected chi connectivity index (χ3v) is 4.39. The van der Waals surface area contributed by atoms with E-state index in [9.17, 15) is 14.0 Å². The highest BCUT2D eigenvalue weighted by atomic mass is 19.1. The minimum atomic E-state index is -0.352. The summed E-state index contributed by atoms with van der Waals surface area (Å²) in [5, 5.41) is 8.44. The molecule has 0 unspecified atom stereocenters. The molecular formula is C19H22FN5O2. The van der Waals surface area contributed by atoms with Crippen molar-refractivity contribution in [2.75, 3.05) is 18.4 Å². The van der Waals surface area contributed by atoms with E-state index in [1.807, 2.05) is 12.1 Å². The van der Waals surface area contributed by atoms with Gasteiger partial charge in [-0.3, -0.25) is 4.98 Å². The lowest BCUT2D eigenvalue weighted by Gasteiger charge is -2.32. The Kier molecular flexibility index (Phi) is 6.19. The van der Waals surface area contributed by atoms with Crippen molar-refractivity contribution in [3.63, 3.8) is 0 Å². The lowest BCUT2D eigenvalue weighted by molar-refractivity contribution is 0.176. The van der Waals surface area contributed by atoms with Crippen LogP contribution in [-0.4, -0.2) is 41.1 Å². The molecule has 8 heteroatoms. The zero-order valence-electron chi connectivity index (χ0n) is 14.8. The SMILES string of the molecule is O=C(Nc1ccc(F)cc1)NC1CCN(C(=O)NCc2cccnc2)CC1. The molecule has 1 aromatic carbocycles. The number of benzene rings is 1. The Hall–Kier alpha value is -3.16. The van der Waals surface area contributed by atoms with Crippen LogP contribution in [0, 0.1) is 5.82 Å². The van der Waals surface area contributed by atoms with E-state index >= 15 is 0 Å². The summed E-state index contributed by atoms with van der Waals surface area (Å²) in [7, 11) is 0. The largest absolute Gasteiger partial charge is 0.335 e. The number of hydrogen-bond donors (Lipinski definition) is 3. The fourth-order valence-electron chi connectivity index (χ4n) is 2.90.